The number of hydrogen-bond acceptors (Lipinski definition) is 6. The second-order valence-corrected chi connectivity index (χ2v) is 9.51. The van der Waals surface area contributed by atoms with E-state index in [2.05, 4.69) is 26.8 Å². The minimum atomic E-state index is -0.696. The van der Waals surface area contributed by atoms with Crippen LogP contribution in [0.25, 0.3) is 0 Å². The van der Waals surface area contributed by atoms with Gasteiger partial charge in [-0.2, -0.15) is 0 Å². The van der Waals surface area contributed by atoms with Crippen molar-refractivity contribution in [3.05, 3.63) is 35.8 Å². The summed E-state index contributed by atoms with van der Waals surface area (Å²) in [6.45, 7) is 9.44. The molecule has 1 aromatic rings. The van der Waals surface area contributed by atoms with E-state index in [-0.39, 0.29) is 41.4 Å². The molecule has 2 heterocycles. The zero-order valence-corrected chi connectivity index (χ0v) is 18.5. The average Bonchev–Trinajstić information content (AvgIpc) is 3.30. The van der Waals surface area contributed by atoms with Gasteiger partial charge in [0, 0.05) is 30.7 Å². The van der Waals surface area contributed by atoms with Gasteiger partial charge in [-0.3, -0.25) is 9.59 Å². The zero-order valence-electron chi connectivity index (χ0n) is 18.5. The Morgan fingerprint density at radius 2 is 1.90 bits per heavy atom. The van der Waals surface area contributed by atoms with Crippen molar-refractivity contribution in [2.45, 2.75) is 78.8 Å². The predicted octanol–water partition coefficient (Wildman–Crippen LogP) is 4.95. The molecule has 0 unspecified atom stereocenters. The number of rotatable bonds is 3. The van der Waals surface area contributed by atoms with E-state index >= 15 is 0 Å². The molecule has 1 spiro atoms. The number of carbonyl (C=O) groups excluding carboxylic acids is 2. The van der Waals surface area contributed by atoms with Crippen molar-refractivity contribution in [2.24, 2.45) is 22.7 Å². The molecule has 4 rings (SSSR count). The van der Waals surface area contributed by atoms with Crippen molar-refractivity contribution in [1.29, 1.82) is 0 Å². The first-order chi connectivity index (χ1) is 14.2. The van der Waals surface area contributed by atoms with Crippen molar-refractivity contribution < 1.29 is 28.2 Å². The molecule has 30 heavy (non-hydrogen) atoms. The Kier molecular flexibility index (Phi) is 5.33. The summed E-state index contributed by atoms with van der Waals surface area (Å²) in [6.07, 6.45) is 7.87. The van der Waals surface area contributed by atoms with E-state index in [0.29, 0.717) is 6.42 Å². The summed E-state index contributed by atoms with van der Waals surface area (Å²) in [4.78, 5) is 24.0. The van der Waals surface area contributed by atoms with E-state index in [1.54, 1.807) is 12.5 Å². The van der Waals surface area contributed by atoms with E-state index < -0.39 is 11.7 Å². The molecule has 7 atom stereocenters. The van der Waals surface area contributed by atoms with Crippen LogP contribution in [0.5, 0.6) is 0 Å². The molecule has 6 heteroatoms. The lowest BCUT2D eigenvalue weighted by molar-refractivity contribution is -0.237. The third-order valence-corrected chi connectivity index (χ3v) is 8.03. The Balaban J connectivity index is 1.83. The highest BCUT2D eigenvalue weighted by Gasteiger charge is 2.67. The summed E-state index contributed by atoms with van der Waals surface area (Å²) in [5, 5.41) is 0. The van der Waals surface area contributed by atoms with E-state index in [1.807, 2.05) is 6.07 Å². The zero-order chi connectivity index (χ0) is 21.7. The second kappa shape index (κ2) is 7.56. The number of allylic oxidation sites excluding steroid dienone is 2. The lowest BCUT2D eigenvalue weighted by Gasteiger charge is -2.60. The van der Waals surface area contributed by atoms with E-state index in [1.165, 1.54) is 19.4 Å². The molecule has 0 N–H and O–H groups in total. The lowest BCUT2D eigenvalue weighted by atomic mass is 9.45. The third-order valence-electron chi connectivity index (χ3n) is 8.03. The molecule has 0 radical (unpaired) electrons. The standard InChI is InChI=1S/C24H32O6/c1-14-7-6-8-21-23(14,5)11-19(28-16(3)25)15(2)24(21)12-20(18-9-10-27-13-18)30-22(24)29-17(4)26/h7,9-10,13,15,19-22H,6,8,11-12H2,1-5H3/t15-,19-,20-,21+,22-,23+,24-/m1/s1. The number of esters is 2. The van der Waals surface area contributed by atoms with E-state index in [9.17, 15) is 9.59 Å². The molecule has 1 saturated carbocycles. The molecular formula is C24H32O6. The molecule has 6 nitrogen and oxygen atoms in total. The van der Waals surface area contributed by atoms with Gasteiger partial charge in [0.05, 0.1) is 18.6 Å². The maximum absolute atomic E-state index is 12.1. The van der Waals surface area contributed by atoms with Crippen LogP contribution < -0.4 is 0 Å². The van der Waals surface area contributed by atoms with Crippen LogP contribution >= 0.6 is 0 Å². The molecule has 164 valence electrons. The van der Waals surface area contributed by atoms with Crippen molar-refractivity contribution in [2.75, 3.05) is 0 Å². The van der Waals surface area contributed by atoms with Crippen LogP contribution in [0.1, 0.15) is 72.0 Å². The van der Waals surface area contributed by atoms with Crippen LogP contribution in [0.4, 0.5) is 0 Å². The number of ether oxygens (including phenoxy) is 3. The third kappa shape index (κ3) is 3.20. The second-order valence-electron chi connectivity index (χ2n) is 9.51. The Morgan fingerprint density at radius 3 is 2.53 bits per heavy atom. The molecule has 0 bridgehead atoms. The van der Waals surface area contributed by atoms with Gasteiger partial charge in [-0.05, 0) is 50.0 Å². The first-order valence-corrected chi connectivity index (χ1v) is 10.9. The predicted molar refractivity (Wildman–Crippen MR) is 109 cm³/mol. The first kappa shape index (κ1) is 21.2. The molecule has 1 aromatic heterocycles. The maximum atomic E-state index is 12.1. The van der Waals surface area contributed by atoms with Crippen LogP contribution in [0, 0.1) is 22.7 Å². The Hall–Kier alpha value is -2.08. The summed E-state index contributed by atoms with van der Waals surface area (Å²) >= 11 is 0. The number of furan rings is 1. The number of hydrogen-bond donors (Lipinski definition) is 0. The van der Waals surface area contributed by atoms with Crippen molar-refractivity contribution in [1.82, 2.24) is 0 Å². The largest absolute Gasteiger partial charge is 0.472 e. The molecule has 2 aliphatic carbocycles. The van der Waals surface area contributed by atoms with Crippen molar-refractivity contribution >= 4 is 11.9 Å². The average molecular weight is 417 g/mol. The molecular weight excluding hydrogens is 384 g/mol. The van der Waals surface area contributed by atoms with Gasteiger partial charge in [0.1, 0.15) is 6.10 Å². The summed E-state index contributed by atoms with van der Waals surface area (Å²) < 4.78 is 23.4. The van der Waals surface area contributed by atoms with Crippen LogP contribution in [0.15, 0.2) is 34.7 Å². The fourth-order valence-corrected chi connectivity index (χ4v) is 6.46. The van der Waals surface area contributed by atoms with Crippen LogP contribution in [0.2, 0.25) is 0 Å². The smallest absolute Gasteiger partial charge is 0.304 e. The summed E-state index contributed by atoms with van der Waals surface area (Å²) in [6, 6.07) is 1.90. The minimum absolute atomic E-state index is 0.0216. The van der Waals surface area contributed by atoms with Gasteiger partial charge in [0.2, 0.25) is 6.29 Å². The first-order valence-electron chi connectivity index (χ1n) is 10.9. The fourth-order valence-electron chi connectivity index (χ4n) is 6.46. The van der Waals surface area contributed by atoms with Gasteiger partial charge in [-0.25, -0.2) is 0 Å². The highest BCUT2D eigenvalue weighted by Crippen LogP contribution is 2.67. The van der Waals surface area contributed by atoms with Crippen molar-refractivity contribution in [3.63, 3.8) is 0 Å². The van der Waals surface area contributed by atoms with Gasteiger partial charge in [-0.1, -0.05) is 25.5 Å². The van der Waals surface area contributed by atoms with Crippen LogP contribution in [-0.2, 0) is 23.8 Å². The maximum Gasteiger partial charge on any atom is 0.304 e. The van der Waals surface area contributed by atoms with Crippen LogP contribution in [-0.4, -0.2) is 24.3 Å². The molecule has 1 aliphatic heterocycles. The monoisotopic (exact) mass is 416 g/mol. The molecule has 2 fully saturated rings. The van der Waals surface area contributed by atoms with Gasteiger partial charge in [-0.15, -0.1) is 0 Å². The highest BCUT2D eigenvalue weighted by molar-refractivity contribution is 5.66. The Bertz CT molecular complexity index is 842. The lowest BCUT2D eigenvalue weighted by Crippen LogP contribution is -2.60. The van der Waals surface area contributed by atoms with Gasteiger partial charge in [0.15, 0.2) is 0 Å². The van der Waals surface area contributed by atoms with Gasteiger partial charge >= 0.3 is 11.9 Å². The summed E-state index contributed by atoms with van der Waals surface area (Å²) in [7, 11) is 0. The van der Waals surface area contributed by atoms with Gasteiger partial charge < -0.3 is 18.6 Å². The fraction of sp³-hybridized carbons (Fsp3) is 0.667. The topological polar surface area (TPSA) is 75.0 Å². The van der Waals surface area contributed by atoms with E-state index in [4.69, 9.17) is 18.6 Å². The summed E-state index contributed by atoms with van der Waals surface area (Å²) in [5.74, 6) is -0.417. The number of carbonyl (C=O) groups is 2. The normalized spacial score (nSPS) is 40.6. The molecule has 1 saturated heterocycles. The van der Waals surface area contributed by atoms with E-state index in [0.717, 1.165) is 24.8 Å². The molecule has 0 aromatic carbocycles. The van der Waals surface area contributed by atoms with Gasteiger partial charge in [0.25, 0.3) is 0 Å². The Morgan fingerprint density at radius 1 is 1.17 bits per heavy atom. The summed E-state index contributed by atoms with van der Waals surface area (Å²) in [5.41, 5.74) is 1.64. The number of fused-ring (bicyclic) bond motifs is 2. The highest BCUT2D eigenvalue weighted by atomic mass is 16.7. The molecule has 0 amide bonds. The minimum Gasteiger partial charge on any atom is -0.472 e. The quantitative estimate of drug-likeness (QED) is 0.513. The SMILES string of the molecule is CC(=O)O[C@@H]1O[C@@H](c2ccoc2)C[C@]12[C@H](C)[C@H](OC(C)=O)C[C@@]1(C)C(C)=CCC[C@H]21. The van der Waals surface area contributed by atoms with Crippen LogP contribution in [0.3, 0.4) is 0 Å². The Labute approximate surface area is 177 Å². The van der Waals surface area contributed by atoms with Crippen molar-refractivity contribution in [3.8, 4) is 0 Å². The molecule has 3 aliphatic rings.